The summed E-state index contributed by atoms with van der Waals surface area (Å²) < 4.78 is 24.2. The van der Waals surface area contributed by atoms with Gasteiger partial charge in [-0.3, -0.25) is 0 Å². The van der Waals surface area contributed by atoms with Crippen molar-refractivity contribution < 1.29 is 18.9 Å². The molecule has 266 valence electrons. The molecule has 4 heteroatoms. The molecule has 0 N–H and O–H groups in total. The minimum absolute atomic E-state index is 0.113. The number of rotatable bonds is 16. The minimum Gasteiger partial charge on any atom is -0.490 e. The number of terminal acetylenes is 2. The number of ether oxygens (including phenoxy) is 4. The molecule has 0 aliphatic rings. The van der Waals surface area contributed by atoms with Crippen LogP contribution < -0.4 is 18.9 Å². The molecule has 0 fully saturated rings. The van der Waals surface area contributed by atoms with Crippen LogP contribution in [0.2, 0.25) is 0 Å². The van der Waals surface area contributed by atoms with Crippen LogP contribution in [0.3, 0.4) is 0 Å². The van der Waals surface area contributed by atoms with Crippen molar-refractivity contribution in [2.24, 2.45) is 0 Å². The third kappa shape index (κ3) is 9.12. The van der Waals surface area contributed by atoms with Gasteiger partial charge < -0.3 is 18.9 Å². The first-order valence-electron chi connectivity index (χ1n) is 17.7. The predicted molar refractivity (Wildman–Crippen MR) is 221 cm³/mol. The van der Waals surface area contributed by atoms with Crippen LogP contribution in [0.5, 0.6) is 23.0 Å². The molecular formula is C50H42O4. The van der Waals surface area contributed by atoms with Crippen molar-refractivity contribution >= 4 is 0 Å². The summed E-state index contributed by atoms with van der Waals surface area (Å²) in [5.74, 6) is 7.83. The molecule has 0 saturated carbocycles. The average molecular weight is 707 g/mol. The van der Waals surface area contributed by atoms with Gasteiger partial charge in [0.05, 0.1) is 0 Å². The summed E-state index contributed by atoms with van der Waals surface area (Å²) in [6.45, 7) is 10.8. The lowest BCUT2D eigenvalue weighted by Crippen LogP contribution is -2.10. The molecule has 0 saturated heterocycles. The van der Waals surface area contributed by atoms with Gasteiger partial charge in [-0.1, -0.05) is 122 Å². The van der Waals surface area contributed by atoms with Crippen LogP contribution in [-0.2, 0) is 0 Å². The predicted octanol–water partition coefficient (Wildman–Crippen LogP) is 11.4. The Morgan fingerprint density at radius 1 is 0.574 bits per heavy atom. The van der Waals surface area contributed by atoms with Gasteiger partial charge in [0.1, 0.15) is 49.4 Å². The van der Waals surface area contributed by atoms with E-state index < -0.39 is 0 Å². The molecule has 0 amide bonds. The van der Waals surface area contributed by atoms with E-state index in [1.807, 2.05) is 67.6 Å². The summed E-state index contributed by atoms with van der Waals surface area (Å²) in [7, 11) is 0. The molecule has 0 aliphatic carbocycles. The Balaban J connectivity index is 1.53. The largest absolute Gasteiger partial charge is 0.490 e. The van der Waals surface area contributed by atoms with Crippen LogP contribution in [0.25, 0.3) is 33.4 Å². The molecule has 0 aliphatic heterocycles. The highest BCUT2D eigenvalue weighted by Gasteiger charge is 2.26. The molecule has 0 bridgehead atoms. The molecule has 0 spiro atoms. The van der Waals surface area contributed by atoms with Crippen LogP contribution in [0.1, 0.15) is 29.5 Å². The summed E-state index contributed by atoms with van der Waals surface area (Å²) in [5.41, 5.74) is 10.2. The quantitative estimate of drug-likeness (QED) is 0.0570. The summed E-state index contributed by atoms with van der Waals surface area (Å²) >= 11 is 0. The van der Waals surface area contributed by atoms with Crippen molar-refractivity contribution in [3.63, 3.8) is 0 Å². The van der Waals surface area contributed by atoms with Crippen molar-refractivity contribution in [1.82, 2.24) is 0 Å². The van der Waals surface area contributed by atoms with Crippen LogP contribution in [0.15, 0.2) is 164 Å². The number of hydrogen-bond acceptors (Lipinski definition) is 4. The molecule has 4 nitrogen and oxygen atoms in total. The molecule has 6 aromatic rings. The third-order valence-electron chi connectivity index (χ3n) is 8.84. The Bertz CT molecular complexity index is 2270. The SMILES string of the molecule is C#CCOc1ccc(-c2ccc(OCC=C)cc2)cc1C(c1ccc(-c2ccccc2)cc1)c1cc(-c2ccc(OCC(=C)C)cc2)ccc1OCC#C. The molecular weight excluding hydrogens is 665 g/mol. The summed E-state index contributed by atoms with van der Waals surface area (Å²) in [4.78, 5) is 0. The van der Waals surface area contributed by atoms with E-state index in [4.69, 9.17) is 31.8 Å². The van der Waals surface area contributed by atoms with Crippen molar-refractivity contribution in [3.05, 3.63) is 181 Å². The van der Waals surface area contributed by atoms with E-state index in [-0.39, 0.29) is 19.1 Å². The van der Waals surface area contributed by atoms with Gasteiger partial charge in [0.15, 0.2) is 0 Å². The zero-order chi connectivity index (χ0) is 37.7. The fourth-order valence-corrected chi connectivity index (χ4v) is 6.28. The second-order valence-corrected chi connectivity index (χ2v) is 12.8. The maximum atomic E-state index is 6.29. The maximum absolute atomic E-state index is 6.29. The van der Waals surface area contributed by atoms with Crippen LogP contribution >= 0.6 is 0 Å². The second-order valence-electron chi connectivity index (χ2n) is 12.8. The Hall–Kier alpha value is -6.88. The van der Waals surface area contributed by atoms with E-state index in [1.165, 1.54) is 0 Å². The van der Waals surface area contributed by atoms with E-state index in [0.717, 1.165) is 67.1 Å². The van der Waals surface area contributed by atoms with Crippen molar-refractivity contribution in [3.8, 4) is 81.1 Å². The third-order valence-corrected chi connectivity index (χ3v) is 8.84. The molecule has 1 unspecified atom stereocenters. The molecule has 6 aromatic carbocycles. The smallest absolute Gasteiger partial charge is 0.148 e. The first-order valence-corrected chi connectivity index (χ1v) is 17.7. The second kappa shape index (κ2) is 18.1. The van der Waals surface area contributed by atoms with Gasteiger partial charge >= 0.3 is 0 Å². The maximum Gasteiger partial charge on any atom is 0.148 e. The average Bonchev–Trinajstić information content (AvgIpc) is 3.22. The van der Waals surface area contributed by atoms with Gasteiger partial charge in [-0.15, -0.1) is 12.8 Å². The fraction of sp³-hybridized carbons (Fsp3) is 0.120. The van der Waals surface area contributed by atoms with Crippen LogP contribution in [0, 0.1) is 24.7 Å². The highest BCUT2D eigenvalue weighted by molar-refractivity contribution is 5.72. The van der Waals surface area contributed by atoms with Crippen LogP contribution in [-0.4, -0.2) is 26.4 Å². The standard InChI is InChI=1S/C50H42O4/c1-6-30-51-44-24-18-39(19-25-44)42-22-28-48(52-31-7-2)46(33-42)50(41-16-14-38(15-17-41)37-12-10-9-11-13-37)47-34-43(23-29-49(47)53-32-8-3)40-20-26-45(27-21-40)54-35-36(4)5/h2-3,6,9-29,33-34,50H,1,4,30-32,35H2,5H3. The highest BCUT2D eigenvalue weighted by Crippen LogP contribution is 2.45. The lowest BCUT2D eigenvalue weighted by Gasteiger charge is -2.25. The minimum atomic E-state index is -0.344. The molecule has 0 radical (unpaired) electrons. The highest BCUT2D eigenvalue weighted by atomic mass is 16.5. The van der Waals surface area contributed by atoms with Crippen molar-refractivity contribution in [2.45, 2.75) is 12.8 Å². The topological polar surface area (TPSA) is 36.9 Å². The first-order chi connectivity index (χ1) is 26.5. The molecule has 6 rings (SSSR count). The summed E-state index contributed by atoms with van der Waals surface area (Å²) in [6.07, 6.45) is 13.2. The Morgan fingerprint density at radius 3 is 1.50 bits per heavy atom. The summed E-state index contributed by atoms with van der Waals surface area (Å²) in [5, 5.41) is 0. The molecule has 54 heavy (non-hydrogen) atoms. The van der Waals surface area contributed by atoms with Crippen molar-refractivity contribution in [2.75, 3.05) is 26.4 Å². The van der Waals surface area contributed by atoms with E-state index in [9.17, 15) is 0 Å². The van der Waals surface area contributed by atoms with E-state index >= 15 is 0 Å². The van der Waals surface area contributed by atoms with E-state index in [1.54, 1.807) is 6.08 Å². The molecule has 0 heterocycles. The Morgan fingerprint density at radius 2 is 1.02 bits per heavy atom. The zero-order valence-corrected chi connectivity index (χ0v) is 30.5. The van der Waals surface area contributed by atoms with Gasteiger partial charge in [0.2, 0.25) is 0 Å². The Kier molecular flexibility index (Phi) is 12.3. The number of benzene rings is 6. The van der Waals surface area contributed by atoms with Gasteiger partial charge in [0, 0.05) is 17.0 Å². The van der Waals surface area contributed by atoms with Gasteiger partial charge in [-0.05, 0) is 100.0 Å². The van der Waals surface area contributed by atoms with E-state index in [0.29, 0.717) is 24.7 Å². The van der Waals surface area contributed by atoms with Gasteiger partial charge in [0.25, 0.3) is 0 Å². The lowest BCUT2D eigenvalue weighted by molar-refractivity contribution is 0.353. The first kappa shape index (κ1) is 36.9. The fourth-order valence-electron chi connectivity index (χ4n) is 6.28. The monoisotopic (exact) mass is 706 g/mol. The number of hydrogen-bond donors (Lipinski definition) is 0. The normalized spacial score (nSPS) is 11.0. The van der Waals surface area contributed by atoms with Gasteiger partial charge in [-0.2, -0.15) is 0 Å². The lowest BCUT2D eigenvalue weighted by atomic mass is 9.81. The Labute approximate surface area is 319 Å². The van der Waals surface area contributed by atoms with E-state index in [2.05, 4.69) is 104 Å². The summed E-state index contributed by atoms with van der Waals surface area (Å²) in [6, 6.07) is 47.5. The zero-order valence-electron chi connectivity index (χ0n) is 30.5. The molecule has 0 aromatic heterocycles. The van der Waals surface area contributed by atoms with Gasteiger partial charge in [-0.25, -0.2) is 0 Å². The van der Waals surface area contributed by atoms with Crippen molar-refractivity contribution in [1.29, 1.82) is 0 Å². The van der Waals surface area contributed by atoms with Crippen LogP contribution in [0.4, 0.5) is 0 Å². The molecule has 1 atom stereocenters.